The molecule has 1 aromatic carbocycles. The Morgan fingerprint density at radius 3 is 2.67 bits per heavy atom. The first-order valence-corrected chi connectivity index (χ1v) is 7.21. The fourth-order valence-electron chi connectivity index (χ4n) is 2.54. The first kappa shape index (κ1) is 15.5. The lowest BCUT2D eigenvalue weighted by molar-refractivity contribution is -0.135. The van der Waals surface area contributed by atoms with Gasteiger partial charge in [0.1, 0.15) is 6.61 Å². The molecule has 1 heterocycles. The van der Waals surface area contributed by atoms with Crippen molar-refractivity contribution in [1.29, 1.82) is 5.26 Å². The Kier molecular flexibility index (Phi) is 5.73. The van der Waals surface area contributed by atoms with E-state index in [2.05, 4.69) is 11.0 Å². The lowest BCUT2D eigenvalue weighted by Gasteiger charge is -2.21. The Morgan fingerprint density at radius 1 is 1.24 bits per heavy atom. The second kappa shape index (κ2) is 7.77. The summed E-state index contributed by atoms with van der Waals surface area (Å²) in [7, 11) is 1.55. The van der Waals surface area contributed by atoms with Crippen molar-refractivity contribution in [1.82, 2.24) is 9.80 Å². The average Bonchev–Trinajstić information content (AvgIpc) is 2.74. The Hall–Kier alpha value is -1.90. The Labute approximate surface area is 125 Å². The smallest absolute Gasteiger partial charge is 0.248 e. The highest BCUT2D eigenvalue weighted by Gasteiger charge is 2.18. The maximum absolute atomic E-state index is 11.8. The molecular weight excluding hydrogens is 266 g/mol. The van der Waals surface area contributed by atoms with Crippen molar-refractivity contribution in [2.45, 2.75) is 13.0 Å². The van der Waals surface area contributed by atoms with Crippen LogP contribution in [-0.2, 0) is 16.1 Å². The van der Waals surface area contributed by atoms with Gasteiger partial charge in [0.25, 0.3) is 0 Å². The van der Waals surface area contributed by atoms with Crippen LogP contribution >= 0.6 is 0 Å². The van der Waals surface area contributed by atoms with Gasteiger partial charge in [-0.1, -0.05) is 12.1 Å². The van der Waals surface area contributed by atoms with Gasteiger partial charge in [-0.05, 0) is 24.1 Å². The predicted octanol–water partition coefficient (Wildman–Crippen LogP) is 1.24. The van der Waals surface area contributed by atoms with Crippen molar-refractivity contribution in [3.8, 4) is 6.07 Å². The van der Waals surface area contributed by atoms with Gasteiger partial charge in [0, 0.05) is 39.8 Å². The van der Waals surface area contributed by atoms with Crippen LogP contribution in [0.1, 0.15) is 17.5 Å². The molecule has 0 spiro atoms. The molecule has 0 saturated carbocycles. The molecule has 0 aliphatic carbocycles. The van der Waals surface area contributed by atoms with E-state index in [-0.39, 0.29) is 12.5 Å². The van der Waals surface area contributed by atoms with E-state index in [0.717, 1.165) is 39.1 Å². The Bertz CT molecular complexity index is 507. The van der Waals surface area contributed by atoms with Gasteiger partial charge in [-0.25, -0.2) is 0 Å². The van der Waals surface area contributed by atoms with Crippen LogP contribution in [-0.4, -0.2) is 55.6 Å². The van der Waals surface area contributed by atoms with Crippen molar-refractivity contribution >= 4 is 5.91 Å². The van der Waals surface area contributed by atoms with Gasteiger partial charge in [0.15, 0.2) is 0 Å². The average molecular weight is 287 g/mol. The zero-order chi connectivity index (χ0) is 15.1. The number of ether oxygens (including phenoxy) is 1. The van der Waals surface area contributed by atoms with Crippen LogP contribution in [0.5, 0.6) is 0 Å². The summed E-state index contributed by atoms with van der Waals surface area (Å²) >= 11 is 0. The number of benzene rings is 1. The molecule has 1 fully saturated rings. The third kappa shape index (κ3) is 4.55. The van der Waals surface area contributed by atoms with Gasteiger partial charge in [0.05, 0.1) is 11.6 Å². The van der Waals surface area contributed by atoms with Gasteiger partial charge in [-0.3, -0.25) is 9.69 Å². The van der Waals surface area contributed by atoms with Gasteiger partial charge in [0.2, 0.25) is 5.91 Å². The molecule has 5 nitrogen and oxygen atoms in total. The molecule has 112 valence electrons. The van der Waals surface area contributed by atoms with Crippen LogP contribution in [0.3, 0.4) is 0 Å². The Balaban J connectivity index is 1.88. The fraction of sp³-hybridized carbons (Fsp3) is 0.500. The van der Waals surface area contributed by atoms with E-state index < -0.39 is 0 Å². The van der Waals surface area contributed by atoms with Crippen molar-refractivity contribution < 1.29 is 9.53 Å². The van der Waals surface area contributed by atoms with Gasteiger partial charge < -0.3 is 9.64 Å². The minimum Gasteiger partial charge on any atom is -0.375 e. The molecule has 1 amide bonds. The van der Waals surface area contributed by atoms with E-state index in [4.69, 9.17) is 10.00 Å². The fourth-order valence-corrected chi connectivity index (χ4v) is 2.54. The molecule has 0 atom stereocenters. The van der Waals surface area contributed by atoms with Crippen LogP contribution in [0.25, 0.3) is 0 Å². The summed E-state index contributed by atoms with van der Waals surface area (Å²) in [5.74, 6) is 0.0673. The highest BCUT2D eigenvalue weighted by molar-refractivity contribution is 5.77. The molecule has 1 saturated heterocycles. The summed E-state index contributed by atoms with van der Waals surface area (Å²) in [5.41, 5.74) is 1.89. The van der Waals surface area contributed by atoms with Crippen molar-refractivity contribution in [2.24, 2.45) is 0 Å². The molecule has 1 aliphatic heterocycles. The summed E-state index contributed by atoms with van der Waals surface area (Å²) < 4.78 is 4.91. The molecule has 0 aromatic heterocycles. The van der Waals surface area contributed by atoms with E-state index in [1.807, 2.05) is 29.2 Å². The van der Waals surface area contributed by atoms with Gasteiger partial charge in [-0.15, -0.1) is 0 Å². The lowest BCUT2D eigenvalue weighted by atomic mass is 10.1. The monoisotopic (exact) mass is 287 g/mol. The number of nitrogens with zero attached hydrogens (tertiary/aromatic N) is 3. The standard InChI is InChI=1S/C16H21N3O2/c1-21-13-16(20)19-8-2-7-18(9-10-19)12-15-5-3-14(11-17)4-6-15/h3-6H,2,7-10,12-13H2,1H3. The lowest BCUT2D eigenvalue weighted by Crippen LogP contribution is -2.37. The number of nitriles is 1. The summed E-state index contributed by atoms with van der Waals surface area (Å²) in [6, 6.07) is 9.82. The Morgan fingerprint density at radius 2 is 2.00 bits per heavy atom. The quantitative estimate of drug-likeness (QED) is 0.836. The van der Waals surface area contributed by atoms with E-state index in [1.165, 1.54) is 5.56 Å². The van der Waals surface area contributed by atoms with E-state index in [0.29, 0.717) is 5.56 Å². The molecule has 0 radical (unpaired) electrons. The van der Waals surface area contributed by atoms with Crippen LogP contribution in [0.2, 0.25) is 0 Å². The van der Waals surface area contributed by atoms with E-state index >= 15 is 0 Å². The maximum atomic E-state index is 11.8. The minimum atomic E-state index is 0.0673. The van der Waals surface area contributed by atoms with E-state index in [1.54, 1.807) is 7.11 Å². The first-order chi connectivity index (χ1) is 10.2. The number of rotatable bonds is 4. The van der Waals surface area contributed by atoms with Crippen LogP contribution in [0, 0.1) is 11.3 Å². The number of hydrogen-bond acceptors (Lipinski definition) is 4. The third-order valence-corrected chi connectivity index (χ3v) is 3.70. The highest BCUT2D eigenvalue weighted by Crippen LogP contribution is 2.10. The molecule has 0 unspecified atom stereocenters. The third-order valence-electron chi connectivity index (χ3n) is 3.70. The molecule has 2 rings (SSSR count). The van der Waals surface area contributed by atoms with Gasteiger partial charge in [-0.2, -0.15) is 5.26 Å². The number of hydrogen-bond donors (Lipinski definition) is 0. The topological polar surface area (TPSA) is 56.6 Å². The number of amides is 1. The van der Waals surface area contributed by atoms with Crippen LogP contribution in [0.4, 0.5) is 0 Å². The predicted molar refractivity (Wildman–Crippen MR) is 79.5 cm³/mol. The van der Waals surface area contributed by atoms with E-state index in [9.17, 15) is 4.79 Å². The van der Waals surface area contributed by atoms with Crippen molar-refractivity contribution in [3.63, 3.8) is 0 Å². The molecule has 5 heteroatoms. The molecule has 0 N–H and O–H groups in total. The zero-order valence-electron chi connectivity index (χ0n) is 12.4. The molecule has 21 heavy (non-hydrogen) atoms. The van der Waals surface area contributed by atoms with Crippen LogP contribution < -0.4 is 0 Å². The molecule has 1 aliphatic rings. The summed E-state index contributed by atoms with van der Waals surface area (Å²) in [4.78, 5) is 16.1. The number of carbonyl (C=O) groups is 1. The van der Waals surface area contributed by atoms with Gasteiger partial charge >= 0.3 is 0 Å². The summed E-state index contributed by atoms with van der Waals surface area (Å²) in [6.07, 6.45) is 0.978. The largest absolute Gasteiger partial charge is 0.375 e. The second-order valence-corrected chi connectivity index (χ2v) is 5.25. The second-order valence-electron chi connectivity index (χ2n) is 5.25. The van der Waals surface area contributed by atoms with Crippen molar-refractivity contribution in [2.75, 3.05) is 39.9 Å². The maximum Gasteiger partial charge on any atom is 0.248 e. The molecule has 0 bridgehead atoms. The number of carbonyl (C=O) groups excluding carboxylic acids is 1. The van der Waals surface area contributed by atoms with Crippen LogP contribution in [0.15, 0.2) is 24.3 Å². The first-order valence-electron chi connectivity index (χ1n) is 7.21. The minimum absolute atomic E-state index is 0.0673. The zero-order valence-corrected chi connectivity index (χ0v) is 12.4. The molecular formula is C16H21N3O2. The summed E-state index contributed by atoms with van der Waals surface area (Å²) in [6.45, 7) is 4.42. The normalized spacial score (nSPS) is 16.3. The SMILES string of the molecule is COCC(=O)N1CCCN(Cc2ccc(C#N)cc2)CC1. The summed E-state index contributed by atoms with van der Waals surface area (Å²) in [5, 5.41) is 8.80. The molecule has 1 aromatic rings. The number of methoxy groups -OCH3 is 1. The van der Waals surface area contributed by atoms with Crippen molar-refractivity contribution in [3.05, 3.63) is 35.4 Å². The highest BCUT2D eigenvalue weighted by atomic mass is 16.5.